The predicted molar refractivity (Wildman–Crippen MR) is 182 cm³/mol. The highest BCUT2D eigenvalue weighted by Crippen LogP contribution is 2.54. The van der Waals surface area contributed by atoms with Crippen LogP contribution in [0.5, 0.6) is 5.75 Å². The monoisotopic (exact) mass is 562 g/mol. The van der Waals surface area contributed by atoms with Crippen molar-refractivity contribution in [1.29, 1.82) is 0 Å². The van der Waals surface area contributed by atoms with Gasteiger partial charge in [-0.05, 0) is 62.0 Å². The maximum atomic E-state index is 7.00. The van der Waals surface area contributed by atoms with Gasteiger partial charge in [0.05, 0.1) is 5.39 Å². The molecule has 0 saturated carbocycles. The highest BCUT2D eigenvalue weighted by molar-refractivity contribution is 6.22. The Labute approximate surface area is 254 Å². The zero-order valence-corrected chi connectivity index (χ0v) is 23.9. The van der Waals surface area contributed by atoms with Gasteiger partial charge in [0.15, 0.2) is 0 Å². The largest absolute Gasteiger partial charge is 0.459 e. The molecule has 44 heavy (non-hydrogen) atoms. The van der Waals surface area contributed by atoms with Crippen LogP contribution in [0.15, 0.2) is 150 Å². The molecule has 0 fully saturated rings. The van der Waals surface area contributed by atoms with Crippen molar-refractivity contribution in [2.45, 2.75) is 12.3 Å². The van der Waals surface area contributed by atoms with Crippen molar-refractivity contribution in [3.63, 3.8) is 0 Å². The fraction of sp³-hybridized carbons (Fsp3) is 0.0476. The third kappa shape index (κ3) is 3.20. The van der Waals surface area contributed by atoms with Crippen molar-refractivity contribution in [3.8, 4) is 16.9 Å². The lowest BCUT2D eigenvalue weighted by Crippen LogP contribution is -2.06. The maximum absolute atomic E-state index is 7.00. The fourth-order valence-electron chi connectivity index (χ4n) is 7.75. The lowest BCUT2D eigenvalue weighted by Gasteiger charge is -2.23. The van der Waals surface area contributed by atoms with Crippen LogP contribution in [-0.4, -0.2) is 0 Å². The molecule has 2 nitrogen and oxygen atoms in total. The van der Waals surface area contributed by atoms with E-state index in [0.717, 1.165) is 45.4 Å². The van der Waals surface area contributed by atoms with Gasteiger partial charge in [-0.3, -0.25) is 0 Å². The molecule has 0 saturated heterocycles. The van der Waals surface area contributed by atoms with Gasteiger partial charge in [0.1, 0.15) is 22.7 Å². The topological polar surface area (TPSA) is 22.4 Å². The van der Waals surface area contributed by atoms with E-state index in [-0.39, 0.29) is 5.92 Å². The predicted octanol–water partition coefficient (Wildman–Crippen LogP) is 11.6. The Bertz CT molecular complexity index is 2500. The van der Waals surface area contributed by atoms with Crippen LogP contribution in [0.4, 0.5) is 0 Å². The summed E-state index contributed by atoms with van der Waals surface area (Å²) in [6.45, 7) is 0. The van der Waals surface area contributed by atoms with E-state index in [4.69, 9.17) is 9.15 Å². The molecule has 0 N–H and O–H groups in total. The molecule has 1 aliphatic heterocycles. The number of para-hydroxylation sites is 1. The summed E-state index contributed by atoms with van der Waals surface area (Å²) in [4.78, 5) is 0. The minimum absolute atomic E-state index is 0.165. The molecule has 2 aliphatic rings. The first-order chi connectivity index (χ1) is 21.8. The molecule has 8 aromatic rings. The van der Waals surface area contributed by atoms with Gasteiger partial charge in [0, 0.05) is 28.0 Å². The fourth-order valence-corrected chi connectivity index (χ4v) is 7.75. The number of furan rings is 1. The summed E-state index contributed by atoms with van der Waals surface area (Å²) in [6, 6.07) is 45.7. The molecule has 1 aromatic heterocycles. The minimum atomic E-state index is 0.165. The quantitative estimate of drug-likeness (QED) is 0.196. The zero-order valence-electron chi connectivity index (χ0n) is 23.9. The highest BCUT2D eigenvalue weighted by Gasteiger charge is 2.36. The molecule has 0 amide bonds. The lowest BCUT2D eigenvalue weighted by atomic mass is 9.81. The van der Waals surface area contributed by atoms with Crippen LogP contribution in [0.3, 0.4) is 0 Å². The van der Waals surface area contributed by atoms with E-state index in [0.29, 0.717) is 0 Å². The standard InChI is InChI=1S/C42H26O2/c1-2-13-26-25(11-1)12-9-19-27(26)38-28-14-3-5-16-30(28)39(31-17-6-4-15-29(31)38)35-21-10-20-32-33-23-24-37-40(42(33)44-41(32)35)34-18-7-8-22-36(34)43-37/h1-19,21-24,32H,20H2. The summed E-state index contributed by atoms with van der Waals surface area (Å²) >= 11 is 0. The number of ether oxygens (including phenoxy) is 1. The number of benzene rings is 7. The molecule has 1 unspecified atom stereocenters. The smallest absolute Gasteiger partial charge is 0.142 e. The summed E-state index contributed by atoms with van der Waals surface area (Å²) in [5.41, 5.74) is 7.93. The van der Waals surface area contributed by atoms with E-state index >= 15 is 0 Å². The van der Waals surface area contributed by atoms with Gasteiger partial charge in [0.25, 0.3) is 0 Å². The van der Waals surface area contributed by atoms with E-state index in [2.05, 4.69) is 127 Å². The van der Waals surface area contributed by atoms with Crippen molar-refractivity contribution in [3.05, 3.63) is 156 Å². The first-order valence-electron chi connectivity index (χ1n) is 15.3. The summed E-state index contributed by atoms with van der Waals surface area (Å²) < 4.78 is 13.2. The van der Waals surface area contributed by atoms with E-state index < -0.39 is 0 Å². The molecule has 1 atom stereocenters. The van der Waals surface area contributed by atoms with Gasteiger partial charge >= 0.3 is 0 Å². The molecule has 2 heteroatoms. The van der Waals surface area contributed by atoms with Crippen LogP contribution in [0.1, 0.15) is 23.5 Å². The van der Waals surface area contributed by atoms with Crippen molar-refractivity contribution in [2.24, 2.45) is 0 Å². The Kier molecular flexibility index (Phi) is 4.86. The van der Waals surface area contributed by atoms with Gasteiger partial charge in [0.2, 0.25) is 0 Å². The lowest BCUT2D eigenvalue weighted by molar-refractivity contribution is 0.433. The zero-order chi connectivity index (χ0) is 28.8. The van der Waals surface area contributed by atoms with Crippen LogP contribution in [0.2, 0.25) is 0 Å². The molecular weight excluding hydrogens is 536 g/mol. The van der Waals surface area contributed by atoms with E-state index in [9.17, 15) is 0 Å². The normalized spacial score (nSPS) is 15.9. The Morgan fingerprint density at radius 2 is 1.16 bits per heavy atom. The van der Waals surface area contributed by atoms with Crippen LogP contribution in [-0.2, 0) is 0 Å². The molecule has 0 radical (unpaired) electrons. The van der Waals surface area contributed by atoms with Crippen LogP contribution >= 0.6 is 0 Å². The van der Waals surface area contributed by atoms with E-state index in [1.807, 2.05) is 12.1 Å². The second-order valence-electron chi connectivity index (χ2n) is 11.9. The van der Waals surface area contributed by atoms with Crippen molar-refractivity contribution < 1.29 is 9.15 Å². The second-order valence-corrected chi connectivity index (χ2v) is 11.9. The number of allylic oxidation sites excluding steroid dienone is 4. The van der Waals surface area contributed by atoms with Crippen molar-refractivity contribution >= 4 is 59.8 Å². The SMILES string of the molecule is C1=CC(c2c3ccccc3c(-c3cccc4ccccc34)c3ccccc23)=C2Oc3c(ccc4oc5ccccc5c34)C2C1. The minimum Gasteiger partial charge on any atom is -0.459 e. The van der Waals surface area contributed by atoms with E-state index in [1.54, 1.807) is 0 Å². The number of hydrogen-bond acceptors (Lipinski definition) is 2. The molecule has 0 spiro atoms. The summed E-state index contributed by atoms with van der Waals surface area (Å²) in [7, 11) is 0. The van der Waals surface area contributed by atoms with Gasteiger partial charge in [-0.15, -0.1) is 0 Å². The Morgan fingerprint density at radius 3 is 1.93 bits per heavy atom. The summed E-state index contributed by atoms with van der Waals surface area (Å²) in [5.74, 6) is 2.14. The Balaban J connectivity index is 1.28. The summed E-state index contributed by atoms with van der Waals surface area (Å²) in [5, 5.41) is 9.66. The first kappa shape index (κ1) is 23.9. The molecule has 1 aliphatic carbocycles. The van der Waals surface area contributed by atoms with Crippen LogP contribution in [0, 0.1) is 0 Å². The first-order valence-corrected chi connectivity index (χ1v) is 15.3. The third-order valence-electron chi connectivity index (χ3n) is 9.61. The average molecular weight is 563 g/mol. The molecule has 7 aromatic carbocycles. The molecule has 0 bridgehead atoms. The highest BCUT2D eigenvalue weighted by atomic mass is 16.5. The number of hydrogen-bond donors (Lipinski definition) is 0. The van der Waals surface area contributed by atoms with Gasteiger partial charge < -0.3 is 9.15 Å². The van der Waals surface area contributed by atoms with Gasteiger partial charge in [-0.2, -0.15) is 0 Å². The maximum Gasteiger partial charge on any atom is 0.142 e. The Hall–Kier alpha value is -5.60. The van der Waals surface area contributed by atoms with E-state index in [1.165, 1.54) is 54.6 Å². The molecule has 206 valence electrons. The number of rotatable bonds is 2. The molecular formula is C42H26O2. The van der Waals surface area contributed by atoms with Crippen molar-refractivity contribution in [2.75, 3.05) is 0 Å². The molecule has 2 heterocycles. The van der Waals surface area contributed by atoms with Gasteiger partial charge in [-0.25, -0.2) is 0 Å². The Morgan fingerprint density at radius 1 is 0.523 bits per heavy atom. The van der Waals surface area contributed by atoms with Crippen molar-refractivity contribution in [1.82, 2.24) is 0 Å². The second kappa shape index (κ2) is 8.95. The number of fused-ring (bicyclic) bond motifs is 10. The third-order valence-corrected chi connectivity index (χ3v) is 9.61. The van der Waals surface area contributed by atoms with Gasteiger partial charge in [-0.1, -0.05) is 127 Å². The molecule has 10 rings (SSSR count). The summed E-state index contributed by atoms with van der Waals surface area (Å²) in [6.07, 6.45) is 5.52. The van der Waals surface area contributed by atoms with Crippen LogP contribution in [0.25, 0.3) is 71.0 Å². The average Bonchev–Trinajstić information content (AvgIpc) is 3.65. The van der Waals surface area contributed by atoms with Crippen LogP contribution < -0.4 is 4.74 Å².